The molecule has 29 heavy (non-hydrogen) atoms. The van der Waals surface area contributed by atoms with E-state index in [1.807, 2.05) is 0 Å². The van der Waals surface area contributed by atoms with Crippen molar-refractivity contribution in [2.45, 2.75) is 44.6 Å². The van der Waals surface area contributed by atoms with E-state index >= 15 is 0 Å². The number of benzene rings is 1. The Morgan fingerprint density at radius 2 is 1.86 bits per heavy atom. The molecule has 4 rings (SSSR count). The van der Waals surface area contributed by atoms with Crippen LogP contribution in [0.3, 0.4) is 0 Å². The molecule has 0 aromatic heterocycles. The lowest BCUT2D eigenvalue weighted by molar-refractivity contribution is -0.124. The van der Waals surface area contributed by atoms with E-state index in [0.29, 0.717) is 23.6 Å². The number of carbonyl (C=O) groups is 2. The Bertz CT molecular complexity index is 762. The minimum Gasteiger partial charge on any atom is -0.381 e. The fourth-order valence-corrected chi connectivity index (χ4v) is 4.88. The highest BCUT2D eigenvalue weighted by Crippen LogP contribution is 2.53. The predicted octanol–water partition coefficient (Wildman–Crippen LogP) is 3.44. The molecule has 3 fully saturated rings. The Labute approximate surface area is 169 Å². The molecule has 0 bridgehead atoms. The zero-order valence-corrected chi connectivity index (χ0v) is 16.7. The number of ether oxygens (including phenoxy) is 1. The van der Waals surface area contributed by atoms with Crippen LogP contribution in [0, 0.1) is 17.8 Å². The smallest absolute Gasteiger partial charge is 0.270 e. The zero-order valence-electron chi connectivity index (χ0n) is 16.7. The molecule has 0 spiro atoms. The van der Waals surface area contributed by atoms with Gasteiger partial charge in [-0.05, 0) is 36.8 Å². The van der Waals surface area contributed by atoms with Crippen LogP contribution in [0.5, 0.6) is 0 Å². The quantitative estimate of drug-likeness (QED) is 0.754. The van der Waals surface area contributed by atoms with Gasteiger partial charge in [-0.2, -0.15) is 0 Å². The van der Waals surface area contributed by atoms with Crippen LogP contribution in [0.1, 0.15) is 38.2 Å². The topological polar surface area (TPSA) is 58.6 Å². The first-order chi connectivity index (χ1) is 13.8. The average Bonchev–Trinajstić information content (AvgIpc) is 3.20. The molecule has 1 aromatic carbocycles. The predicted molar refractivity (Wildman–Crippen MR) is 105 cm³/mol. The minimum atomic E-state index is -2.96. The Morgan fingerprint density at radius 3 is 2.52 bits per heavy atom. The molecule has 1 saturated carbocycles. The molecular formula is C22H28F2N2O3. The Morgan fingerprint density at radius 1 is 1.17 bits per heavy atom. The van der Waals surface area contributed by atoms with Gasteiger partial charge in [0.25, 0.3) is 5.92 Å². The van der Waals surface area contributed by atoms with E-state index in [0.717, 1.165) is 46.1 Å². The number of Topliss-reactive ketones (excluding diaryl/α,β-unsaturated/α-hetero) is 1. The maximum absolute atomic E-state index is 13.4. The summed E-state index contributed by atoms with van der Waals surface area (Å²) in [7, 11) is 0. The third-order valence-corrected chi connectivity index (χ3v) is 6.55. The first-order valence-electron chi connectivity index (χ1n) is 10.5. The third-order valence-electron chi connectivity index (χ3n) is 6.55. The summed E-state index contributed by atoms with van der Waals surface area (Å²) in [5.74, 6) is -2.13. The van der Waals surface area contributed by atoms with Gasteiger partial charge in [0, 0.05) is 69.3 Å². The molecule has 5 nitrogen and oxygen atoms in total. The maximum atomic E-state index is 13.4. The van der Waals surface area contributed by atoms with Crippen molar-refractivity contribution >= 4 is 17.4 Å². The number of anilines is 1. The number of likely N-dealkylation sites (tertiary alicyclic amines) is 1. The zero-order chi connectivity index (χ0) is 20.6. The van der Waals surface area contributed by atoms with Crippen LogP contribution in [0.4, 0.5) is 14.5 Å². The van der Waals surface area contributed by atoms with Gasteiger partial charge in [-0.3, -0.25) is 14.5 Å². The number of hydrogen-bond acceptors (Lipinski definition) is 4. The lowest BCUT2D eigenvalue weighted by Crippen LogP contribution is -2.40. The SMILES string of the molecule is CC(F)(F)c1cccc(NC(=O)CCC(=O)C2[C@H]3CN(C4CCOCC4)C[C@@H]23)c1. The fourth-order valence-electron chi connectivity index (χ4n) is 4.88. The number of ketones is 1. The lowest BCUT2D eigenvalue weighted by Gasteiger charge is -2.32. The number of nitrogens with zero attached hydrogens (tertiary/aromatic N) is 1. The molecule has 1 aromatic rings. The summed E-state index contributed by atoms with van der Waals surface area (Å²) >= 11 is 0. The molecule has 1 N–H and O–H groups in total. The first-order valence-corrected chi connectivity index (χ1v) is 10.5. The van der Waals surface area contributed by atoms with E-state index in [1.165, 1.54) is 18.2 Å². The van der Waals surface area contributed by atoms with Crippen LogP contribution in [-0.4, -0.2) is 48.9 Å². The second-order valence-electron chi connectivity index (χ2n) is 8.63. The van der Waals surface area contributed by atoms with Gasteiger partial charge < -0.3 is 10.1 Å². The van der Waals surface area contributed by atoms with Gasteiger partial charge in [-0.1, -0.05) is 12.1 Å². The van der Waals surface area contributed by atoms with Crippen LogP contribution in [0.25, 0.3) is 0 Å². The summed E-state index contributed by atoms with van der Waals surface area (Å²) in [6, 6.07) is 6.25. The van der Waals surface area contributed by atoms with Crippen molar-refractivity contribution in [3.8, 4) is 0 Å². The molecule has 3 aliphatic rings. The van der Waals surface area contributed by atoms with Crippen molar-refractivity contribution in [2.75, 3.05) is 31.6 Å². The Hall–Kier alpha value is -1.86. The van der Waals surface area contributed by atoms with Crippen molar-refractivity contribution in [1.29, 1.82) is 0 Å². The van der Waals surface area contributed by atoms with Gasteiger partial charge in [0.1, 0.15) is 5.78 Å². The molecule has 7 heteroatoms. The van der Waals surface area contributed by atoms with Gasteiger partial charge in [-0.15, -0.1) is 0 Å². The second kappa shape index (κ2) is 8.11. The number of alkyl halides is 2. The van der Waals surface area contributed by atoms with Gasteiger partial charge in [0.15, 0.2) is 0 Å². The lowest BCUT2D eigenvalue weighted by atomic mass is 10.0. The highest BCUT2D eigenvalue weighted by atomic mass is 19.3. The number of carbonyl (C=O) groups excluding carboxylic acids is 2. The van der Waals surface area contributed by atoms with E-state index in [2.05, 4.69) is 10.2 Å². The molecule has 2 saturated heterocycles. The fraction of sp³-hybridized carbons (Fsp3) is 0.636. The van der Waals surface area contributed by atoms with E-state index in [9.17, 15) is 18.4 Å². The van der Waals surface area contributed by atoms with E-state index in [1.54, 1.807) is 6.07 Å². The summed E-state index contributed by atoms with van der Waals surface area (Å²) in [4.78, 5) is 27.2. The molecule has 1 amide bonds. The summed E-state index contributed by atoms with van der Waals surface area (Å²) < 4.78 is 32.2. The van der Waals surface area contributed by atoms with Crippen LogP contribution in [-0.2, 0) is 20.2 Å². The van der Waals surface area contributed by atoms with Crippen LogP contribution >= 0.6 is 0 Å². The molecule has 158 valence electrons. The normalized spacial score (nSPS) is 27.5. The van der Waals surface area contributed by atoms with Crippen molar-refractivity contribution in [2.24, 2.45) is 17.8 Å². The van der Waals surface area contributed by atoms with Crippen molar-refractivity contribution in [3.05, 3.63) is 29.8 Å². The molecule has 1 unspecified atom stereocenters. The van der Waals surface area contributed by atoms with Crippen molar-refractivity contribution in [3.63, 3.8) is 0 Å². The third kappa shape index (κ3) is 4.67. The number of amides is 1. The molecule has 2 aliphatic heterocycles. The van der Waals surface area contributed by atoms with Crippen molar-refractivity contribution in [1.82, 2.24) is 4.90 Å². The van der Waals surface area contributed by atoms with E-state index in [4.69, 9.17) is 4.74 Å². The number of nitrogens with one attached hydrogen (secondary N) is 1. The number of halogens is 2. The van der Waals surface area contributed by atoms with Crippen molar-refractivity contribution < 1.29 is 23.1 Å². The highest BCUT2D eigenvalue weighted by molar-refractivity contribution is 5.94. The van der Waals surface area contributed by atoms with Crippen LogP contribution in [0.15, 0.2) is 24.3 Å². The molecule has 2 heterocycles. The van der Waals surface area contributed by atoms with Gasteiger partial charge >= 0.3 is 0 Å². The summed E-state index contributed by atoms with van der Waals surface area (Å²) in [6.45, 7) is 4.44. The molecule has 3 atom stereocenters. The average molecular weight is 406 g/mol. The van der Waals surface area contributed by atoms with Gasteiger partial charge in [0.05, 0.1) is 0 Å². The van der Waals surface area contributed by atoms with E-state index in [-0.39, 0.29) is 36.0 Å². The molecular weight excluding hydrogens is 378 g/mol. The maximum Gasteiger partial charge on any atom is 0.270 e. The van der Waals surface area contributed by atoms with Gasteiger partial charge in [-0.25, -0.2) is 8.78 Å². The number of piperidine rings is 1. The molecule has 0 radical (unpaired) electrons. The summed E-state index contributed by atoms with van der Waals surface area (Å²) in [5, 5.41) is 2.63. The summed E-state index contributed by atoms with van der Waals surface area (Å²) in [5.41, 5.74) is 0.183. The van der Waals surface area contributed by atoms with Crippen LogP contribution in [0.2, 0.25) is 0 Å². The Balaban J connectivity index is 1.21. The largest absolute Gasteiger partial charge is 0.381 e. The standard InChI is InChI=1S/C22H28F2N2O3/c1-22(23,24)14-3-2-4-15(11-14)25-20(28)6-5-19(27)21-17-12-26(13-18(17)21)16-7-9-29-10-8-16/h2-4,11,16-18,21H,5-10,12-13H2,1H3,(H,25,28)/t17-,18+,21?. The first kappa shape index (κ1) is 20.4. The second-order valence-corrected chi connectivity index (χ2v) is 8.63. The monoisotopic (exact) mass is 406 g/mol. The van der Waals surface area contributed by atoms with Gasteiger partial charge in [0.2, 0.25) is 5.91 Å². The molecule has 1 aliphatic carbocycles. The number of fused-ring (bicyclic) bond motifs is 1. The minimum absolute atomic E-state index is 0.0885. The Kier molecular flexibility index (Phi) is 5.71. The van der Waals surface area contributed by atoms with E-state index < -0.39 is 5.92 Å². The number of rotatable bonds is 7. The summed E-state index contributed by atoms with van der Waals surface area (Å²) in [6.07, 6.45) is 2.45. The van der Waals surface area contributed by atoms with Crippen LogP contribution < -0.4 is 5.32 Å². The highest BCUT2D eigenvalue weighted by Gasteiger charge is 2.59. The number of hydrogen-bond donors (Lipinski definition) is 1.